The summed E-state index contributed by atoms with van der Waals surface area (Å²) in [7, 11) is 0. The van der Waals surface area contributed by atoms with Crippen molar-refractivity contribution in [2.45, 2.75) is 0 Å². The molecular formula is C8H6ClNO. The van der Waals surface area contributed by atoms with Gasteiger partial charge in [0.15, 0.2) is 5.43 Å². The van der Waals surface area contributed by atoms with E-state index in [1.54, 1.807) is 6.20 Å². The predicted octanol–water partition coefficient (Wildman–Crippen LogP) is 0.965. The molecule has 0 fully saturated rings. The summed E-state index contributed by atoms with van der Waals surface area (Å²) < 4.78 is 0. The molecule has 0 bridgehead atoms. The van der Waals surface area contributed by atoms with Crippen LogP contribution < -0.4 is 5.43 Å². The van der Waals surface area contributed by atoms with Gasteiger partial charge in [0, 0.05) is 18.3 Å². The minimum atomic E-state index is -0.0531. The molecule has 0 spiro atoms. The highest BCUT2D eigenvalue weighted by molar-refractivity contribution is 6.19. The molecule has 1 aromatic rings. The minimum Gasteiger partial charge on any atom is -0.355 e. The lowest BCUT2D eigenvalue weighted by molar-refractivity contribution is 1.26. The van der Waals surface area contributed by atoms with Gasteiger partial charge in [0.05, 0.1) is 11.6 Å². The van der Waals surface area contributed by atoms with Crippen molar-refractivity contribution < 1.29 is 0 Å². The Morgan fingerprint density at radius 1 is 1.64 bits per heavy atom. The van der Waals surface area contributed by atoms with E-state index >= 15 is 0 Å². The van der Waals surface area contributed by atoms with Crippen LogP contribution in [0.2, 0.25) is 0 Å². The highest BCUT2D eigenvalue weighted by Crippen LogP contribution is 1.83. The molecule has 0 unspecified atom stereocenters. The lowest BCUT2D eigenvalue weighted by atomic mass is 10.3. The largest absolute Gasteiger partial charge is 0.355 e. The molecule has 0 saturated heterocycles. The summed E-state index contributed by atoms with van der Waals surface area (Å²) in [5.41, 5.74) is 0.542. The fraction of sp³-hybridized carbons (Fsp3) is 0.125. The van der Waals surface area contributed by atoms with Gasteiger partial charge in [-0.25, -0.2) is 0 Å². The van der Waals surface area contributed by atoms with Gasteiger partial charge in [0.25, 0.3) is 0 Å². The molecule has 0 radical (unpaired) electrons. The second-order valence-electron chi connectivity index (χ2n) is 1.87. The number of H-pyrrole nitrogens is 1. The summed E-state index contributed by atoms with van der Waals surface area (Å²) in [6.45, 7) is 0. The van der Waals surface area contributed by atoms with Gasteiger partial charge >= 0.3 is 0 Å². The first-order valence-electron chi connectivity index (χ1n) is 3.06. The van der Waals surface area contributed by atoms with Crippen LogP contribution in [0.3, 0.4) is 0 Å². The van der Waals surface area contributed by atoms with Gasteiger partial charge in [-0.1, -0.05) is 5.92 Å². The van der Waals surface area contributed by atoms with Crippen molar-refractivity contribution in [1.82, 2.24) is 4.98 Å². The lowest BCUT2D eigenvalue weighted by Gasteiger charge is -1.85. The molecule has 0 saturated carbocycles. The van der Waals surface area contributed by atoms with Crippen LogP contribution in [0.1, 0.15) is 5.69 Å². The second-order valence-corrected chi connectivity index (χ2v) is 2.14. The average molecular weight is 168 g/mol. The highest BCUT2D eigenvalue weighted by atomic mass is 35.5. The van der Waals surface area contributed by atoms with Crippen LogP contribution in [0.25, 0.3) is 0 Å². The Balaban J connectivity index is 2.97. The monoisotopic (exact) mass is 167 g/mol. The van der Waals surface area contributed by atoms with Gasteiger partial charge in [-0.15, -0.1) is 11.6 Å². The Bertz CT molecular complexity index is 345. The van der Waals surface area contributed by atoms with Crippen molar-refractivity contribution in [2.24, 2.45) is 0 Å². The summed E-state index contributed by atoms with van der Waals surface area (Å²) in [6, 6.07) is 2.87. The molecule has 0 amide bonds. The third kappa shape index (κ3) is 2.48. The van der Waals surface area contributed by atoms with Crippen molar-refractivity contribution in [3.63, 3.8) is 0 Å². The third-order valence-electron chi connectivity index (χ3n) is 1.06. The summed E-state index contributed by atoms with van der Waals surface area (Å²) in [4.78, 5) is 13.5. The van der Waals surface area contributed by atoms with E-state index in [0.717, 1.165) is 0 Å². The lowest BCUT2D eigenvalue weighted by Crippen LogP contribution is -1.97. The number of halogens is 1. The van der Waals surface area contributed by atoms with E-state index in [0.29, 0.717) is 5.69 Å². The van der Waals surface area contributed by atoms with Gasteiger partial charge in [-0.3, -0.25) is 4.79 Å². The van der Waals surface area contributed by atoms with Gasteiger partial charge in [0.1, 0.15) is 0 Å². The zero-order chi connectivity index (χ0) is 8.10. The average Bonchev–Trinajstić information content (AvgIpc) is 2.01. The summed E-state index contributed by atoms with van der Waals surface area (Å²) in [6.07, 6.45) is 1.56. The van der Waals surface area contributed by atoms with Crippen molar-refractivity contribution in [3.8, 4) is 11.8 Å². The van der Waals surface area contributed by atoms with Crippen LogP contribution in [0, 0.1) is 11.8 Å². The first kappa shape index (κ1) is 7.90. The molecule has 0 atom stereocenters. The molecule has 0 aliphatic carbocycles. The van der Waals surface area contributed by atoms with Gasteiger partial charge in [-0.2, -0.15) is 0 Å². The molecule has 1 aromatic heterocycles. The molecule has 0 aromatic carbocycles. The van der Waals surface area contributed by atoms with Crippen LogP contribution in [0.5, 0.6) is 0 Å². The van der Waals surface area contributed by atoms with Gasteiger partial charge in [0.2, 0.25) is 0 Å². The molecule has 11 heavy (non-hydrogen) atoms. The Labute approximate surface area is 69.2 Å². The number of aromatic amines is 1. The normalized spacial score (nSPS) is 8.45. The van der Waals surface area contributed by atoms with Crippen molar-refractivity contribution in [3.05, 3.63) is 34.2 Å². The van der Waals surface area contributed by atoms with E-state index in [-0.39, 0.29) is 11.3 Å². The Kier molecular flexibility index (Phi) is 2.76. The Morgan fingerprint density at radius 3 is 3.09 bits per heavy atom. The summed E-state index contributed by atoms with van der Waals surface area (Å²) >= 11 is 5.33. The first-order valence-corrected chi connectivity index (χ1v) is 3.60. The fourth-order valence-corrected chi connectivity index (χ4v) is 0.713. The topological polar surface area (TPSA) is 32.9 Å². The molecule has 1 heterocycles. The van der Waals surface area contributed by atoms with Crippen molar-refractivity contribution >= 4 is 11.6 Å². The van der Waals surface area contributed by atoms with Crippen LogP contribution >= 0.6 is 11.6 Å². The smallest absolute Gasteiger partial charge is 0.182 e. The van der Waals surface area contributed by atoms with Crippen LogP contribution in [-0.4, -0.2) is 10.9 Å². The maximum Gasteiger partial charge on any atom is 0.182 e. The highest BCUT2D eigenvalue weighted by Gasteiger charge is 1.84. The predicted molar refractivity (Wildman–Crippen MR) is 44.7 cm³/mol. The SMILES string of the molecule is O=c1cc[nH]c(C#CCCl)c1. The van der Waals surface area contributed by atoms with E-state index in [9.17, 15) is 4.79 Å². The quantitative estimate of drug-likeness (QED) is 0.453. The van der Waals surface area contributed by atoms with E-state index < -0.39 is 0 Å². The number of aromatic nitrogens is 1. The summed E-state index contributed by atoms with van der Waals surface area (Å²) in [5, 5.41) is 0. The number of hydrogen-bond donors (Lipinski definition) is 1. The van der Waals surface area contributed by atoms with Gasteiger partial charge < -0.3 is 4.98 Å². The van der Waals surface area contributed by atoms with Crippen LogP contribution in [0.15, 0.2) is 23.1 Å². The van der Waals surface area contributed by atoms with E-state index in [2.05, 4.69) is 16.8 Å². The first-order chi connectivity index (χ1) is 5.33. The van der Waals surface area contributed by atoms with Crippen LogP contribution in [-0.2, 0) is 0 Å². The molecule has 0 aliphatic heterocycles. The van der Waals surface area contributed by atoms with Crippen molar-refractivity contribution in [1.29, 1.82) is 0 Å². The molecular weight excluding hydrogens is 162 g/mol. The number of pyridine rings is 1. The zero-order valence-electron chi connectivity index (χ0n) is 5.73. The van der Waals surface area contributed by atoms with E-state index in [1.807, 2.05) is 0 Å². The molecule has 2 nitrogen and oxygen atoms in total. The Hall–Kier alpha value is -1.20. The van der Waals surface area contributed by atoms with Gasteiger partial charge in [-0.05, 0) is 5.92 Å². The standard InChI is InChI=1S/C8H6ClNO/c9-4-1-2-7-6-8(11)3-5-10-7/h3,5-6H,4H2,(H,10,11). The Morgan fingerprint density at radius 2 is 2.45 bits per heavy atom. The number of rotatable bonds is 0. The zero-order valence-corrected chi connectivity index (χ0v) is 6.48. The second kappa shape index (κ2) is 3.85. The molecule has 1 rings (SSSR count). The maximum absolute atomic E-state index is 10.7. The molecule has 3 heteroatoms. The van der Waals surface area contributed by atoms with Crippen LogP contribution in [0.4, 0.5) is 0 Å². The third-order valence-corrected chi connectivity index (χ3v) is 1.20. The molecule has 56 valence electrons. The maximum atomic E-state index is 10.7. The number of hydrogen-bond acceptors (Lipinski definition) is 1. The summed E-state index contributed by atoms with van der Waals surface area (Å²) in [5.74, 6) is 5.61. The minimum absolute atomic E-state index is 0.0531. The van der Waals surface area contributed by atoms with E-state index in [1.165, 1.54) is 12.1 Å². The van der Waals surface area contributed by atoms with E-state index in [4.69, 9.17) is 11.6 Å². The fourth-order valence-electron chi connectivity index (χ4n) is 0.646. The number of alkyl halides is 1. The van der Waals surface area contributed by atoms with Crippen molar-refractivity contribution in [2.75, 3.05) is 5.88 Å². The molecule has 0 aliphatic rings. The molecule has 1 N–H and O–H groups in total. The number of nitrogens with one attached hydrogen (secondary N) is 1.